The second-order valence-corrected chi connectivity index (χ2v) is 6.82. The first-order valence-corrected chi connectivity index (χ1v) is 8.38. The minimum absolute atomic E-state index is 0.0369. The van der Waals surface area contributed by atoms with Crippen molar-refractivity contribution in [2.45, 2.75) is 37.6 Å². The topological polar surface area (TPSA) is 166 Å². The Labute approximate surface area is 150 Å². The predicted molar refractivity (Wildman–Crippen MR) is 87.3 cm³/mol. The van der Waals surface area contributed by atoms with Gasteiger partial charge in [-0.15, -0.1) is 0 Å². The van der Waals surface area contributed by atoms with Gasteiger partial charge in [0.2, 0.25) is 5.95 Å². The van der Waals surface area contributed by atoms with E-state index in [0.717, 1.165) is 4.57 Å². The third kappa shape index (κ3) is 2.76. The molecule has 1 saturated heterocycles. The number of fused-ring (bicyclic) bond motifs is 1. The number of anilines is 1. The summed E-state index contributed by atoms with van der Waals surface area (Å²) in [6.45, 7) is -0.556. The van der Waals surface area contributed by atoms with Crippen LogP contribution >= 0.6 is 0 Å². The molecule has 6 atom stereocenters. The van der Waals surface area contributed by atoms with E-state index in [1.54, 1.807) is 0 Å². The zero-order valence-electron chi connectivity index (χ0n) is 14.0. The number of aromatic nitrogens is 4. The molecule has 0 radical (unpaired) electrons. The van der Waals surface area contributed by atoms with Gasteiger partial charge < -0.3 is 25.8 Å². The van der Waals surface area contributed by atoms with Crippen LogP contribution in [0.5, 0.6) is 0 Å². The number of imidazole rings is 1. The smallest absolute Gasteiger partial charge is 0.332 e. The Morgan fingerprint density at radius 2 is 2.22 bits per heavy atom. The number of hydrogen-bond donors (Lipinski definition) is 4. The lowest BCUT2D eigenvalue weighted by atomic mass is 10.1. The minimum Gasteiger partial charge on any atom is -0.481 e. The second kappa shape index (κ2) is 6.25. The van der Waals surface area contributed by atoms with Gasteiger partial charge >= 0.3 is 11.7 Å². The van der Waals surface area contributed by atoms with Crippen LogP contribution < -0.4 is 11.4 Å². The first-order chi connectivity index (χ1) is 12.8. The van der Waals surface area contributed by atoms with E-state index in [1.807, 2.05) is 0 Å². The van der Waals surface area contributed by atoms with Gasteiger partial charge in [-0.3, -0.25) is 9.36 Å². The number of rotatable bonds is 5. The monoisotopic (exact) mass is 383 g/mol. The molecule has 0 aromatic carbocycles. The van der Waals surface area contributed by atoms with Crippen LogP contribution in [0.1, 0.15) is 12.6 Å². The van der Waals surface area contributed by atoms with E-state index in [1.165, 1.54) is 10.8 Å². The Kier molecular flexibility index (Phi) is 4.13. The summed E-state index contributed by atoms with van der Waals surface area (Å²) in [6.07, 6.45) is -4.52. The molecule has 1 aliphatic carbocycles. The number of carboxylic acid groups (broad SMARTS) is 1. The number of nitrogens with two attached hydrogens (primary N) is 1. The van der Waals surface area contributed by atoms with Gasteiger partial charge in [0.25, 0.3) is 0 Å². The maximum Gasteiger partial charge on any atom is 0.332 e. The molecule has 2 aromatic rings. The van der Waals surface area contributed by atoms with Crippen LogP contribution in [-0.4, -0.2) is 65.4 Å². The molecule has 2 aromatic heterocycles. The van der Waals surface area contributed by atoms with Gasteiger partial charge in [-0.25, -0.2) is 18.7 Å². The minimum atomic E-state index is -1.88. The van der Waals surface area contributed by atoms with Gasteiger partial charge in [0.1, 0.15) is 17.7 Å². The molecular weight excluding hydrogens is 365 g/mol. The van der Waals surface area contributed by atoms with Gasteiger partial charge in [-0.05, 0) is 12.3 Å². The summed E-state index contributed by atoms with van der Waals surface area (Å²) in [5, 5.41) is 28.4. The fourth-order valence-electron chi connectivity index (χ4n) is 3.53. The van der Waals surface area contributed by atoms with Crippen molar-refractivity contribution in [2.75, 3.05) is 12.3 Å². The zero-order chi connectivity index (χ0) is 19.5. The summed E-state index contributed by atoms with van der Waals surface area (Å²) in [5.41, 5.74) is 5.25. The fourth-order valence-corrected chi connectivity index (χ4v) is 3.53. The van der Waals surface area contributed by atoms with Crippen LogP contribution in [-0.2, 0) is 16.1 Å². The Morgan fingerprint density at radius 1 is 1.48 bits per heavy atom. The number of hydrogen-bond acceptors (Lipinski definition) is 8. The van der Waals surface area contributed by atoms with Crippen LogP contribution in [0, 0.1) is 11.8 Å². The lowest BCUT2D eigenvalue weighted by Gasteiger charge is -2.15. The van der Waals surface area contributed by atoms with Gasteiger partial charge in [0, 0.05) is 6.54 Å². The molecule has 0 amide bonds. The van der Waals surface area contributed by atoms with Crippen molar-refractivity contribution in [1.82, 2.24) is 19.1 Å². The Balaban J connectivity index is 1.79. The van der Waals surface area contributed by atoms with Crippen molar-refractivity contribution in [1.29, 1.82) is 0 Å². The Hall–Kier alpha value is -2.57. The summed E-state index contributed by atoms with van der Waals surface area (Å²) in [6, 6.07) is 0. The molecule has 0 spiro atoms. The molecule has 1 saturated carbocycles. The first-order valence-electron chi connectivity index (χ1n) is 8.38. The number of aliphatic hydroxyl groups is 2. The highest BCUT2D eigenvalue weighted by molar-refractivity contribution is 5.74. The molecule has 27 heavy (non-hydrogen) atoms. The van der Waals surface area contributed by atoms with Crippen LogP contribution in [0.3, 0.4) is 0 Å². The van der Waals surface area contributed by atoms with Crippen LogP contribution in [0.15, 0.2) is 11.0 Å². The molecule has 2 fully saturated rings. The Bertz CT molecular complexity index is 960. The third-order valence-corrected chi connectivity index (χ3v) is 5.10. The standard InChI is InChI=1S/C15H18FN5O6/c16-9-8(4-22)27-12(10(9)23)21-11-7(2-18-14(17)19-11)20(15(21)26)3-5-1-6(5)13(24)25/h2,5-6,8-10,12,22-23H,1,3-4H2,(H,24,25)(H2,17,18,19)/t5-,6+,8+,9+,10+,12+/m0/s1. The normalized spacial score (nSPS) is 32.9. The zero-order valence-corrected chi connectivity index (χ0v) is 14.0. The first kappa shape index (κ1) is 17.8. The molecule has 146 valence electrons. The van der Waals surface area contributed by atoms with E-state index in [2.05, 4.69) is 9.97 Å². The number of aliphatic carboxylic acids is 1. The number of nitrogen functional groups attached to an aromatic ring is 1. The second-order valence-electron chi connectivity index (χ2n) is 6.82. The quantitative estimate of drug-likeness (QED) is 0.480. The molecular formula is C15H18FN5O6. The van der Waals surface area contributed by atoms with E-state index in [-0.39, 0.29) is 29.6 Å². The van der Waals surface area contributed by atoms with Crippen molar-refractivity contribution >= 4 is 23.1 Å². The lowest BCUT2D eigenvalue weighted by Crippen LogP contribution is -2.34. The van der Waals surface area contributed by atoms with E-state index >= 15 is 0 Å². The molecule has 2 aliphatic rings. The largest absolute Gasteiger partial charge is 0.481 e. The summed E-state index contributed by atoms with van der Waals surface area (Å²) in [4.78, 5) is 31.9. The average molecular weight is 383 g/mol. The van der Waals surface area contributed by atoms with Gasteiger partial charge in [0.15, 0.2) is 18.0 Å². The molecule has 11 nitrogen and oxygen atoms in total. The number of nitrogens with zero attached hydrogens (tertiary/aromatic N) is 4. The number of aliphatic hydroxyl groups excluding tert-OH is 2. The van der Waals surface area contributed by atoms with Crippen LogP contribution in [0.2, 0.25) is 0 Å². The lowest BCUT2D eigenvalue weighted by molar-refractivity contribution is -0.138. The summed E-state index contributed by atoms with van der Waals surface area (Å²) >= 11 is 0. The third-order valence-electron chi connectivity index (χ3n) is 5.10. The maximum atomic E-state index is 14.1. The van der Waals surface area contributed by atoms with Gasteiger partial charge in [-0.1, -0.05) is 0 Å². The maximum absolute atomic E-state index is 14.1. The summed E-state index contributed by atoms with van der Waals surface area (Å²) < 4.78 is 21.7. The van der Waals surface area contributed by atoms with E-state index in [4.69, 9.17) is 15.6 Å². The number of ether oxygens (including phenoxy) is 1. The van der Waals surface area contributed by atoms with Crippen molar-refractivity contribution in [3.63, 3.8) is 0 Å². The van der Waals surface area contributed by atoms with Crippen molar-refractivity contribution in [3.8, 4) is 0 Å². The highest BCUT2D eigenvalue weighted by Crippen LogP contribution is 2.40. The molecule has 0 bridgehead atoms. The van der Waals surface area contributed by atoms with E-state index in [9.17, 15) is 24.2 Å². The highest BCUT2D eigenvalue weighted by atomic mass is 19.1. The highest BCUT2D eigenvalue weighted by Gasteiger charge is 2.47. The SMILES string of the molecule is Nc1ncc2c(n1)n([C@@H]1O[C@H](CO)[C@@H](F)[C@H]1O)c(=O)n2C[C@@H]1C[C@H]1C(=O)O. The van der Waals surface area contributed by atoms with Crippen LogP contribution in [0.25, 0.3) is 11.2 Å². The van der Waals surface area contributed by atoms with Crippen molar-refractivity contribution in [3.05, 3.63) is 16.7 Å². The average Bonchev–Trinajstić information content (AvgIpc) is 3.29. The number of carboxylic acids is 1. The van der Waals surface area contributed by atoms with Gasteiger partial charge in [-0.2, -0.15) is 4.98 Å². The predicted octanol–water partition coefficient (Wildman–Crippen LogP) is -1.52. The molecule has 1 aliphatic heterocycles. The summed E-state index contributed by atoms with van der Waals surface area (Å²) in [5.74, 6) is -1.83. The molecule has 5 N–H and O–H groups in total. The fraction of sp³-hybridized carbons (Fsp3) is 0.600. The molecule has 0 unspecified atom stereocenters. The van der Waals surface area contributed by atoms with E-state index < -0.39 is 48.8 Å². The number of alkyl halides is 1. The molecule has 3 heterocycles. The van der Waals surface area contributed by atoms with Gasteiger partial charge in [0.05, 0.1) is 18.7 Å². The summed E-state index contributed by atoms with van der Waals surface area (Å²) in [7, 11) is 0. The van der Waals surface area contributed by atoms with Crippen molar-refractivity contribution < 1.29 is 29.2 Å². The van der Waals surface area contributed by atoms with Crippen molar-refractivity contribution in [2.24, 2.45) is 11.8 Å². The molecule has 12 heteroatoms. The molecule has 4 rings (SSSR count). The Morgan fingerprint density at radius 3 is 2.81 bits per heavy atom. The van der Waals surface area contributed by atoms with Crippen LogP contribution in [0.4, 0.5) is 10.3 Å². The number of halogens is 1. The van der Waals surface area contributed by atoms with E-state index in [0.29, 0.717) is 6.42 Å². The number of carbonyl (C=O) groups is 1.